The van der Waals surface area contributed by atoms with E-state index in [1.807, 2.05) is 30.3 Å². The monoisotopic (exact) mass is 334 g/mol. The predicted octanol–water partition coefficient (Wildman–Crippen LogP) is 1.95. The fourth-order valence-corrected chi connectivity index (χ4v) is 2.91. The largest absolute Gasteiger partial charge is 0.357 e. The topological polar surface area (TPSA) is 83.9 Å². The summed E-state index contributed by atoms with van der Waals surface area (Å²) in [5.74, 6) is 1.22. The van der Waals surface area contributed by atoms with Crippen LogP contribution in [-0.2, 0) is 6.54 Å². The molecule has 1 aliphatic heterocycles. The highest BCUT2D eigenvalue weighted by molar-refractivity contribution is 5.93. The Morgan fingerprint density at radius 1 is 1.04 bits per heavy atom. The molecule has 2 aromatic heterocycles. The molecule has 0 radical (unpaired) electrons. The van der Waals surface area contributed by atoms with Gasteiger partial charge in [0.15, 0.2) is 0 Å². The summed E-state index contributed by atoms with van der Waals surface area (Å²) in [6.45, 7) is 2.31. The number of benzene rings is 1. The average molecular weight is 334 g/mol. The number of fused-ring (bicyclic) bond motifs is 1. The molecule has 1 fully saturated rings. The molecule has 126 valence electrons. The van der Waals surface area contributed by atoms with Gasteiger partial charge in [-0.15, -0.1) is 0 Å². The van der Waals surface area contributed by atoms with Crippen molar-refractivity contribution < 1.29 is 4.79 Å². The van der Waals surface area contributed by atoms with Crippen molar-refractivity contribution in [2.24, 2.45) is 0 Å². The second kappa shape index (κ2) is 6.80. The Morgan fingerprint density at radius 3 is 2.68 bits per heavy atom. The summed E-state index contributed by atoms with van der Waals surface area (Å²) < 4.78 is 0. The number of carbonyl (C=O) groups is 1. The standard InChI is InChI=1S/C18H18N6O/c25-18(15-11-20-13-5-1-2-6-14(13)22-15)21-12-16-19-8-7-17(23-16)24-9-3-4-10-24/h1-2,5-8,11H,3-4,9-10,12H2,(H,21,25). The molecule has 3 aromatic rings. The predicted molar refractivity (Wildman–Crippen MR) is 94.2 cm³/mol. The van der Waals surface area contributed by atoms with E-state index in [-0.39, 0.29) is 18.1 Å². The lowest BCUT2D eigenvalue weighted by Gasteiger charge is -2.16. The van der Waals surface area contributed by atoms with Gasteiger partial charge in [0.1, 0.15) is 17.3 Å². The van der Waals surface area contributed by atoms with Gasteiger partial charge < -0.3 is 10.2 Å². The highest BCUT2D eigenvalue weighted by Crippen LogP contribution is 2.16. The van der Waals surface area contributed by atoms with Crippen LogP contribution in [0.25, 0.3) is 11.0 Å². The molecule has 0 bridgehead atoms. The van der Waals surface area contributed by atoms with Crippen LogP contribution in [-0.4, -0.2) is 38.9 Å². The van der Waals surface area contributed by atoms with E-state index in [1.54, 1.807) is 6.20 Å². The summed E-state index contributed by atoms with van der Waals surface area (Å²) in [4.78, 5) is 31.9. The van der Waals surface area contributed by atoms with Gasteiger partial charge in [0, 0.05) is 19.3 Å². The number of para-hydroxylation sites is 2. The molecular weight excluding hydrogens is 316 g/mol. The van der Waals surface area contributed by atoms with Crippen molar-refractivity contribution in [3.63, 3.8) is 0 Å². The van der Waals surface area contributed by atoms with Crippen molar-refractivity contribution in [2.45, 2.75) is 19.4 Å². The maximum absolute atomic E-state index is 12.3. The fraction of sp³-hybridized carbons (Fsp3) is 0.278. The fourth-order valence-electron chi connectivity index (χ4n) is 2.91. The van der Waals surface area contributed by atoms with Crippen molar-refractivity contribution in [3.8, 4) is 0 Å². The van der Waals surface area contributed by atoms with Gasteiger partial charge in [-0.3, -0.25) is 9.78 Å². The van der Waals surface area contributed by atoms with Gasteiger partial charge in [-0.2, -0.15) is 0 Å². The van der Waals surface area contributed by atoms with Crippen molar-refractivity contribution in [3.05, 3.63) is 54.2 Å². The molecule has 3 heterocycles. The number of nitrogens with zero attached hydrogens (tertiary/aromatic N) is 5. The number of nitrogens with one attached hydrogen (secondary N) is 1. The first kappa shape index (κ1) is 15.4. The Labute approximate surface area is 145 Å². The maximum Gasteiger partial charge on any atom is 0.271 e. The summed E-state index contributed by atoms with van der Waals surface area (Å²) in [6.07, 6.45) is 5.60. The molecule has 7 heteroatoms. The maximum atomic E-state index is 12.3. The number of rotatable bonds is 4. The van der Waals surface area contributed by atoms with E-state index in [2.05, 4.69) is 30.2 Å². The molecule has 1 aliphatic rings. The smallest absolute Gasteiger partial charge is 0.271 e. The SMILES string of the molecule is O=C(NCc1nccc(N2CCCC2)n1)c1cnc2ccccc2n1. The summed E-state index contributed by atoms with van der Waals surface area (Å²) in [6, 6.07) is 9.37. The van der Waals surface area contributed by atoms with Crippen LogP contribution in [0.2, 0.25) is 0 Å². The number of anilines is 1. The number of aromatic nitrogens is 4. The minimum absolute atomic E-state index is 0.259. The van der Waals surface area contributed by atoms with Crippen LogP contribution >= 0.6 is 0 Å². The number of carbonyl (C=O) groups excluding carboxylic acids is 1. The van der Waals surface area contributed by atoms with Crippen molar-refractivity contribution in [1.82, 2.24) is 25.3 Å². The molecule has 7 nitrogen and oxygen atoms in total. The molecule has 1 N–H and O–H groups in total. The van der Waals surface area contributed by atoms with Crippen molar-refractivity contribution >= 4 is 22.8 Å². The van der Waals surface area contributed by atoms with Gasteiger partial charge in [0.05, 0.1) is 23.8 Å². The van der Waals surface area contributed by atoms with Gasteiger partial charge in [0.25, 0.3) is 5.91 Å². The lowest BCUT2D eigenvalue weighted by atomic mass is 10.3. The van der Waals surface area contributed by atoms with Gasteiger partial charge >= 0.3 is 0 Å². The zero-order valence-electron chi connectivity index (χ0n) is 13.7. The van der Waals surface area contributed by atoms with E-state index in [4.69, 9.17) is 0 Å². The Balaban J connectivity index is 1.45. The molecule has 1 saturated heterocycles. The molecule has 0 saturated carbocycles. The van der Waals surface area contributed by atoms with Gasteiger partial charge in [-0.25, -0.2) is 15.0 Å². The Bertz CT molecular complexity index is 907. The minimum Gasteiger partial charge on any atom is -0.357 e. The molecule has 0 spiro atoms. The van der Waals surface area contributed by atoms with Crippen LogP contribution in [0.15, 0.2) is 42.7 Å². The minimum atomic E-state index is -0.284. The van der Waals surface area contributed by atoms with E-state index in [0.717, 1.165) is 24.4 Å². The van der Waals surface area contributed by atoms with Crippen LogP contribution < -0.4 is 10.2 Å². The third-order valence-corrected chi connectivity index (χ3v) is 4.21. The number of hydrogen-bond acceptors (Lipinski definition) is 6. The number of hydrogen-bond donors (Lipinski definition) is 1. The molecule has 0 unspecified atom stereocenters. The normalized spacial score (nSPS) is 14.0. The van der Waals surface area contributed by atoms with Crippen LogP contribution in [0.5, 0.6) is 0 Å². The zero-order valence-corrected chi connectivity index (χ0v) is 13.7. The lowest BCUT2D eigenvalue weighted by molar-refractivity contribution is 0.0945. The van der Waals surface area contributed by atoms with Crippen LogP contribution in [0.1, 0.15) is 29.2 Å². The van der Waals surface area contributed by atoms with E-state index < -0.39 is 0 Å². The van der Waals surface area contributed by atoms with E-state index >= 15 is 0 Å². The Morgan fingerprint density at radius 2 is 1.84 bits per heavy atom. The van der Waals surface area contributed by atoms with Crippen LogP contribution in [0.3, 0.4) is 0 Å². The van der Waals surface area contributed by atoms with E-state index in [9.17, 15) is 4.79 Å². The van der Waals surface area contributed by atoms with Crippen molar-refractivity contribution in [1.29, 1.82) is 0 Å². The Kier molecular flexibility index (Phi) is 4.20. The second-order valence-corrected chi connectivity index (χ2v) is 5.95. The molecule has 25 heavy (non-hydrogen) atoms. The Hall–Kier alpha value is -3.09. The van der Waals surface area contributed by atoms with Gasteiger partial charge in [-0.1, -0.05) is 12.1 Å². The van der Waals surface area contributed by atoms with Crippen LogP contribution in [0, 0.1) is 0 Å². The van der Waals surface area contributed by atoms with Gasteiger partial charge in [-0.05, 0) is 31.0 Å². The molecule has 0 atom stereocenters. The summed E-state index contributed by atoms with van der Waals surface area (Å²) in [5.41, 5.74) is 1.75. The van der Waals surface area contributed by atoms with E-state index in [1.165, 1.54) is 19.0 Å². The summed E-state index contributed by atoms with van der Waals surface area (Å²) in [7, 11) is 0. The quantitative estimate of drug-likeness (QED) is 0.785. The third-order valence-electron chi connectivity index (χ3n) is 4.21. The summed E-state index contributed by atoms with van der Waals surface area (Å²) in [5, 5.41) is 2.81. The molecular formula is C18H18N6O. The molecule has 0 aliphatic carbocycles. The molecule has 1 aromatic carbocycles. The molecule has 1 amide bonds. The van der Waals surface area contributed by atoms with E-state index in [0.29, 0.717) is 11.3 Å². The first-order valence-corrected chi connectivity index (χ1v) is 8.36. The highest BCUT2D eigenvalue weighted by atomic mass is 16.1. The second-order valence-electron chi connectivity index (χ2n) is 5.95. The van der Waals surface area contributed by atoms with Gasteiger partial charge in [0.2, 0.25) is 0 Å². The van der Waals surface area contributed by atoms with Crippen molar-refractivity contribution in [2.75, 3.05) is 18.0 Å². The zero-order chi connectivity index (χ0) is 17.1. The third kappa shape index (κ3) is 3.40. The number of amides is 1. The van der Waals surface area contributed by atoms with Crippen LogP contribution in [0.4, 0.5) is 5.82 Å². The highest BCUT2D eigenvalue weighted by Gasteiger charge is 2.14. The first-order chi connectivity index (χ1) is 12.3. The lowest BCUT2D eigenvalue weighted by Crippen LogP contribution is -2.26. The molecule has 4 rings (SSSR count). The summed E-state index contributed by atoms with van der Waals surface area (Å²) >= 11 is 0. The average Bonchev–Trinajstić information content (AvgIpc) is 3.21. The first-order valence-electron chi connectivity index (χ1n) is 8.36.